The summed E-state index contributed by atoms with van der Waals surface area (Å²) in [6.07, 6.45) is 1.83. The van der Waals surface area contributed by atoms with Crippen molar-refractivity contribution in [3.63, 3.8) is 0 Å². The van der Waals surface area contributed by atoms with Gasteiger partial charge < -0.3 is 4.74 Å². The molecule has 1 aromatic heterocycles. The van der Waals surface area contributed by atoms with E-state index < -0.39 is 10.0 Å². The highest BCUT2D eigenvalue weighted by Gasteiger charge is 2.39. The first-order valence-electron chi connectivity index (χ1n) is 7.07. The molecule has 0 aliphatic heterocycles. The summed E-state index contributed by atoms with van der Waals surface area (Å²) in [5.41, 5.74) is 1.69. The molecule has 2 aromatic rings. The van der Waals surface area contributed by atoms with Crippen LogP contribution in [0.3, 0.4) is 0 Å². The molecule has 5 nitrogen and oxygen atoms in total. The molecule has 0 spiro atoms. The zero-order valence-electron chi connectivity index (χ0n) is 12.5. The van der Waals surface area contributed by atoms with Gasteiger partial charge in [-0.3, -0.25) is 0 Å². The van der Waals surface area contributed by atoms with E-state index in [-0.39, 0.29) is 10.4 Å². The van der Waals surface area contributed by atoms with Crippen LogP contribution in [0.2, 0.25) is 0 Å². The van der Waals surface area contributed by atoms with Gasteiger partial charge in [0.1, 0.15) is 5.75 Å². The van der Waals surface area contributed by atoms with E-state index in [4.69, 9.17) is 4.74 Å². The fourth-order valence-electron chi connectivity index (χ4n) is 2.23. The van der Waals surface area contributed by atoms with Crippen molar-refractivity contribution in [3.8, 4) is 5.75 Å². The lowest BCUT2D eigenvalue weighted by Crippen LogP contribution is -2.32. The molecule has 0 N–H and O–H groups in total. The number of methoxy groups -OCH3 is 1. The summed E-state index contributed by atoms with van der Waals surface area (Å²) in [6.45, 7) is 2.18. The number of thiazole rings is 1. The maximum absolute atomic E-state index is 12.8. The summed E-state index contributed by atoms with van der Waals surface area (Å²) in [5.74, 6) is 0.764. The fraction of sp³-hybridized carbons (Fsp3) is 0.400. The Balaban J connectivity index is 1.86. The molecular weight excluding hydrogens is 320 g/mol. The largest absolute Gasteiger partial charge is 0.497 e. The van der Waals surface area contributed by atoms with Crippen LogP contribution in [0.4, 0.5) is 0 Å². The van der Waals surface area contributed by atoms with Crippen LogP contribution in [0.15, 0.2) is 34.0 Å². The van der Waals surface area contributed by atoms with Crippen LogP contribution in [0, 0.1) is 6.92 Å². The Labute approximate surface area is 134 Å². The van der Waals surface area contributed by atoms with Gasteiger partial charge in [0.25, 0.3) is 10.0 Å². The average molecular weight is 338 g/mol. The molecule has 22 heavy (non-hydrogen) atoms. The third kappa shape index (κ3) is 3.16. The first kappa shape index (κ1) is 15.5. The van der Waals surface area contributed by atoms with Gasteiger partial charge in [0, 0.05) is 23.7 Å². The van der Waals surface area contributed by atoms with Crippen molar-refractivity contribution < 1.29 is 13.2 Å². The predicted octanol–water partition coefficient (Wildman–Crippen LogP) is 2.81. The Morgan fingerprint density at radius 1 is 1.32 bits per heavy atom. The number of hydrogen-bond donors (Lipinski definition) is 0. The molecule has 7 heteroatoms. The van der Waals surface area contributed by atoms with E-state index in [1.54, 1.807) is 23.7 Å². The lowest BCUT2D eigenvalue weighted by atomic mass is 10.2. The second kappa shape index (κ2) is 5.98. The molecule has 0 unspecified atom stereocenters. The van der Waals surface area contributed by atoms with E-state index in [0.717, 1.165) is 29.8 Å². The van der Waals surface area contributed by atoms with Gasteiger partial charge in [-0.1, -0.05) is 12.1 Å². The number of ether oxygens (including phenoxy) is 1. The minimum atomic E-state index is -3.52. The third-order valence-corrected chi connectivity index (χ3v) is 6.83. The lowest BCUT2D eigenvalue weighted by molar-refractivity contribution is 0.396. The summed E-state index contributed by atoms with van der Waals surface area (Å²) in [6, 6.07) is 7.59. The Morgan fingerprint density at radius 2 is 2.00 bits per heavy atom. The van der Waals surface area contributed by atoms with E-state index in [1.807, 2.05) is 24.3 Å². The highest BCUT2D eigenvalue weighted by atomic mass is 32.2. The molecule has 0 radical (unpaired) electrons. The standard InChI is InChI=1S/C15H18N2O3S2/c1-11-10-21-15(16-11)22(18,19)17(13-5-6-13)9-12-3-7-14(20-2)8-4-12/h3-4,7-8,10,13H,5-6,9H2,1-2H3. The van der Waals surface area contributed by atoms with E-state index >= 15 is 0 Å². The molecular formula is C15H18N2O3S2. The van der Waals surface area contributed by atoms with Crippen LogP contribution in [-0.2, 0) is 16.6 Å². The van der Waals surface area contributed by atoms with Gasteiger partial charge >= 0.3 is 0 Å². The van der Waals surface area contributed by atoms with Gasteiger partial charge in [-0.15, -0.1) is 11.3 Å². The lowest BCUT2D eigenvalue weighted by Gasteiger charge is -2.20. The molecule has 1 aliphatic carbocycles. The van der Waals surface area contributed by atoms with Crippen molar-refractivity contribution in [2.45, 2.75) is 36.7 Å². The molecule has 118 valence electrons. The molecule has 0 bridgehead atoms. The maximum Gasteiger partial charge on any atom is 0.270 e. The van der Waals surface area contributed by atoms with Crippen LogP contribution >= 0.6 is 11.3 Å². The van der Waals surface area contributed by atoms with E-state index in [9.17, 15) is 8.42 Å². The molecule has 1 heterocycles. The number of benzene rings is 1. The van der Waals surface area contributed by atoms with Crippen molar-refractivity contribution in [1.29, 1.82) is 0 Å². The van der Waals surface area contributed by atoms with E-state index in [1.165, 1.54) is 11.3 Å². The Bertz CT molecular complexity index is 749. The van der Waals surface area contributed by atoms with Crippen molar-refractivity contribution in [1.82, 2.24) is 9.29 Å². The van der Waals surface area contributed by atoms with Crippen molar-refractivity contribution in [2.24, 2.45) is 0 Å². The molecule has 1 fully saturated rings. The Morgan fingerprint density at radius 3 is 2.50 bits per heavy atom. The van der Waals surface area contributed by atoms with Gasteiger partial charge in [0.05, 0.1) is 7.11 Å². The van der Waals surface area contributed by atoms with Gasteiger partial charge in [0.2, 0.25) is 4.34 Å². The van der Waals surface area contributed by atoms with Crippen LogP contribution in [0.1, 0.15) is 24.1 Å². The van der Waals surface area contributed by atoms with Crippen molar-refractivity contribution in [3.05, 3.63) is 40.9 Å². The van der Waals surface area contributed by atoms with Crippen LogP contribution in [0.5, 0.6) is 5.75 Å². The number of aromatic nitrogens is 1. The number of nitrogens with zero attached hydrogens (tertiary/aromatic N) is 2. The van der Waals surface area contributed by atoms with Crippen LogP contribution in [-0.4, -0.2) is 30.9 Å². The van der Waals surface area contributed by atoms with E-state index in [0.29, 0.717) is 6.54 Å². The predicted molar refractivity (Wildman–Crippen MR) is 85.6 cm³/mol. The van der Waals surface area contributed by atoms with Gasteiger partial charge in [0.15, 0.2) is 0 Å². The molecule has 0 atom stereocenters. The number of rotatable bonds is 6. The highest BCUT2D eigenvalue weighted by Crippen LogP contribution is 2.34. The first-order valence-corrected chi connectivity index (χ1v) is 9.39. The topological polar surface area (TPSA) is 59.5 Å². The molecule has 3 rings (SSSR count). The monoisotopic (exact) mass is 338 g/mol. The summed E-state index contributed by atoms with van der Waals surface area (Å²) in [7, 11) is -1.91. The van der Waals surface area contributed by atoms with Crippen LogP contribution < -0.4 is 4.74 Å². The molecule has 0 saturated heterocycles. The Kier molecular flexibility index (Phi) is 4.20. The van der Waals surface area contributed by atoms with E-state index in [2.05, 4.69) is 4.98 Å². The van der Waals surface area contributed by atoms with Gasteiger partial charge in [-0.25, -0.2) is 13.4 Å². The van der Waals surface area contributed by atoms with Crippen LogP contribution in [0.25, 0.3) is 0 Å². The second-order valence-corrected chi connectivity index (χ2v) is 8.31. The normalized spacial score (nSPS) is 15.2. The summed E-state index contributed by atoms with van der Waals surface area (Å²) in [4.78, 5) is 4.15. The minimum Gasteiger partial charge on any atom is -0.497 e. The van der Waals surface area contributed by atoms with Gasteiger partial charge in [-0.2, -0.15) is 4.31 Å². The zero-order chi connectivity index (χ0) is 15.7. The number of hydrogen-bond acceptors (Lipinski definition) is 5. The zero-order valence-corrected chi connectivity index (χ0v) is 14.2. The minimum absolute atomic E-state index is 0.0938. The summed E-state index contributed by atoms with van der Waals surface area (Å²) >= 11 is 1.19. The molecule has 1 aromatic carbocycles. The van der Waals surface area contributed by atoms with Gasteiger partial charge in [-0.05, 0) is 37.5 Å². The van der Waals surface area contributed by atoms with Crippen molar-refractivity contribution >= 4 is 21.4 Å². The molecule has 0 amide bonds. The number of sulfonamides is 1. The summed E-state index contributed by atoms with van der Waals surface area (Å²) in [5, 5.41) is 1.77. The SMILES string of the molecule is COc1ccc(CN(C2CC2)S(=O)(=O)c2nc(C)cs2)cc1. The molecule has 1 aliphatic rings. The first-order chi connectivity index (χ1) is 10.5. The third-order valence-electron chi connectivity index (χ3n) is 3.58. The average Bonchev–Trinajstić information content (AvgIpc) is 3.25. The second-order valence-electron chi connectivity index (χ2n) is 5.38. The fourth-order valence-corrected chi connectivity index (χ4v) is 5.06. The van der Waals surface area contributed by atoms with Crippen molar-refractivity contribution in [2.75, 3.05) is 7.11 Å². The highest BCUT2D eigenvalue weighted by molar-refractivity contribution is 7.91. The Hall–Kier alpha value is -1.44. The number of aryl methyl sites for hydroxylation is 1. The summed E-state index contributed by atoms with van der Waals surface area (Å²) < 4.78 is 32.5. The smallest absolute Gasteiger partial charge is 0.270 e. The molecule has 1 saturated carbocycles. The maximum atomic E-state index is 12.8. The quantitative estimate of drug-likeness (QED) is 0.813.